The molecule has 0 spiro atoms. The quantitative estimate of drug-likeness (QED) is 0.816. The zero-order valence-electron chi connectivity index (χ0n) is 16.0. The second-order valence-electron chi connectivity index (χ2n) is 7.12. The summed E-state index contributed by atoms with van der Waals surface area (Å²) in [7, 11) is 0. The maximum Gasteiger partial charge on any atom is 0.339 e. The number of rotatable bonds is 6. The number of carbonyl (C=O) groups is 1. The molecule has 1 N–H and O–H groups in total. The van der Waals surface area contributed by atoms with Crippen LogP contribution in [0.5, 0.6) is 0 Å². The fourth-order valence-corrected chi connectivity index (χ4v) is 3.52. The molecule has 6 heteroatoms. The highest BCUT2D eigenvalue weighted by atomic mass is 35.5. The minimum absolute atomic E-state index is 0. The Morgan fingerprint density at radius 1 is 1.11 bits per heavy atom. The number of carboxylic acid groups (broad SMARTS) is 1. The van der Waals surface area contributed by atoms with E-state index in [1.807, 2.05) is 26.0 Å². The van der Waals surface area contributed by atoms with E-state index in [1.165, 1.54) is 5.56 Å². The molecular weight excluding hydrogens is 362 g/mol. The van der Waals surface area contributed by atoms with Crippen LogP contribution in [0.1, 0.15) is 41.3 Å². The molecule has 0 amide bonds. The lowest BCUT2D eigenvalue weighted by atomic mass is 9.98. The highest BCUT2D eigenvalue weighted by Gasteiger charge is 2.25. The van der Waals surface area contributed by atoms with Crippen molar-refractivity contribution in [3.05, 3.63) is 59.3 Å². The Labute approximate surface area is 167 Å². The van der Waals surface area contributed by atoms with E-state index in [2.05, 4.69) is 39.0 Å². The van der Waals surface area contributed by atoms with Crippen molar-refractivity contribution in [1.82, 2.24) is 9.88 Å². The van der Waals surface area contributed by atoms with E-state index in [9.17, 15) is 9.90 Å². The van der Waals surface area contributed by atoms with Crippen molar-refractivity contribution in [2.45, 2.75) is 26.2 Å². The summed E-state index contributed by atoms with van der Waals surface area (Å²) in [6.45, 7) is 8.55. The van der Waals surface area contributed by atoms with Gasteiger partial charge in [0.1, 0.15) is 11.4 Å². The summed E-state index contributed by atoms with van der Waals surface area (Å²) in [6, 6.07) is 12.4. The summed E-state index contributed by atoms with van der Waals surface area (Å²) < 4.78 is 0. The number of aromatic carboxylic acids is 1. The molecule has 27 heavy (non-hydrogen) atoms. The van der Waals surface area contributed by atoms with Crippen LogP contribution in [0.3, 0.4) is 0 Å². The van der Waals surface area contributed by atoms with E-state index in [0.29, 0.717) is 11.4 Å². The van der Waals surface area contributed by atoms with Crippen molar-refractivity contribution >= 4 is 24.2 Å². The van der Waals surface area contributed by atoms with Crippen LogP contribution in [0.25, 0.3) is 0 Å². The van der Waals surface area contributed by atoms with E-state index in [4.69, 9.17) is 0 Å². The number of benzene rings is 1. The SMILES string of the molecule is CC(C)c1ccnc(N2CCN(CCc3ccccc3)CC2)c1C(=O)O.Cl. The standard InChI is InChI=1S/C21H27N3O2.ClH/c1-16(2)18-8-10-22-20(19(18)21(25)26)24-14-12-23(13-15-24)11-9-17-6-4-3-5-7-17;/h3-8,10,16H,9,11-15H2,1-2H3,(H,25,26);1H. The molecule has 0 bridgehead atoms. The van der Waals surface area contributed by atoms with Gasteiger partial charge < -0.3 is 10.0 Å². The van der Waals surface area contributed by atoms with E-state index in [-0.39, 0.29) is 18.3 Å². The van der Waals surface area contributed by atoms with Crippen molar-refractivity contribution in [3.8, 4) is 0 Å². The second kappa shape index (κ2) is 9.72. The maximum atomic E-state index is 11.8. The van der Waals surface area contributed by atoms with Gasteiger partial charge in [0.2, 0.25) is 0 Å². The van der Waals surface area contributed by atoms with E-state index in [0.717, 1.165) is 44.7 Å². The van der Waals surface area contributed by atoms with Gasteiger partial charge >= 0.3 is 5.97 Å². The van der Waals surface area contributed by atoms with Gasteiger partial charge in [-0.15, -0.1) is 12.4 Å². The third-order valence-electron chi connectivity index (χ3n) is 5.03. The predicted molar refractivity (Wildman–Crippen MR) is 111 cm³/mol. The third kappa shape index (κ3) is 5.21. The molecule has 1 aromatic heterocycles. The average Bonchev–Trinajstić information content (AvgIpc) is 2.67. The van der Waals surface area contributed by atoms with Crippen LogP contribution >= 0.6 is 12.4 Å². The number of anilines is 1. The topological polar surface area (TPSA) is 56.7 Å². The number of hydrogen-bond donors (Lipinski definition) is 1. The van der Waals surface area contributed by atoms with Crippen molar-refractivity contribution in [1.29, 1.82) is 0 Å². The molecular formula is C21H28ClN3O2. The van der Waals surface area contributed by atoms with Gasteiger partial charge in [0.05, 0.1) is 0 Å². The summed E-state index contributed by atoms with van der Waals surface area (Å²) in [5, 5.41) is 9.71. The molecule has 0 unspecified atom stereocenters. The Morgan fingerprint density at radius 3 is 2.37 bits per heavy atom. The lowest BCUT2D eigenvalue weighted by Gasteiger charge is -2.36. The fraction of sp³-hybridized carbons (Fsp3) is 0.429. The number of hydrogen-bond acceptors (Lipinski definition) is 4. The monoisotopic (exact) mass is 389 g/mol. The Balaban J connectivity index is 0.00000261. The highest BCUT2D eigenvalue weighted by Crippen LogP contribution is 2.27. The number of aromatic nitrogens is 1. The number of halogens is 1. The third-order valence-corrected chi connectivity index (χ3v) is 5.03. The van der Waals surface area contributed by atoms with Crippen molar-refractivity contribution in [2.75, 3.05) is 37.6 Å². The predicted octanol–water partition coefficient (Wildman–Crippen LogP) is 3.69. The van der Waals surface area contributed by atoms with Gasteiger partial charge in [-0.25, -0.2) is 9.78 Å². The molecule has 2 aromatic rings. The number of piperazine rings is 1. The van der Waals surface area contributed by atoms with E-state index < -0.39 is 5.97 Å². The van der Waals surface area contributed by atoms with E-state index >= 15 is 0 Å². The summed E-state index contributed by atoms with van der Waals surface area (Å²) in [6.07, 6.45) is 2.78. The summed E-state index contributed by atoms with van der Waals surface area (Å²) in [4.78, 5) is 20.8. The summed E-state index contributed by atoms with van der Waals surface area (Å²) in [5.41, 5.74) is 2.57. The summed E-state index contributed by atoms with van der Waals surface area (Å²) >= 11 is 0. The minimum atomic E-state index is -0.886. The number of carboxylic acids is 1. The molecule has 1 saturated heterocycles. The molecule has 1 aliphatic rings. The summed E-state index contributed by atoms with van der Waals surface area (Å²) in [5.74, 6) is -0.107. The molecule has 3 rings (SSSR count). The van der Waals surface area contributed by atoms with Gasteiger partial charge in [-0.2, -0.15) is 0 Å². The van der Waals surface area contributed by atoms with Gasteiger partial charge in [0, 0.05) is 38.9 Å². The number of nitrogens with zero attached hydrogens (tertiary/aromatic N) is 3. The van der Waals surface area contributed by atoms with Crippen LogP contribution in [0.4, 0.5) is 5.82 Å². The Kier molecular flexibility index (Phi) is 7.63. The van der Waals surface area contributed by atoms with Crippen LogP contribution in [0.15, 0.2) is 42.6 Å². The lowest BCUT2D eigenvalue weighted by molar-refractivity contribution is 0.0695. The van der Waals surface area contributed by atoms with Gasteiger partial charge in [-0.1, -0.05) is 44.2 Å². The van der Waals surface area contributed by atoms with Crippen molar-refractivity contribution in [2.24, 2.45) is 0 Å². The first-order chi connectivity index (χ1) is 12.6. The zero-order chi connectivity index (χ0) is 18.5. The Bertz CT molecular complexity index is 744. The molecule has 0 radical (unpaired) electrons. The largest absolute Gasteiger partial charge is 0.478 e. The van der Waals surface area contributed by atoms with Crippen LogP contribution in [-0.4, -0.2) is 53.7 Å². The second-order valence-corrected chi connectivity index (χ2v) is 7.12. The van der Waals surface area contributed by atoms with Crippen LogP contribution < -0.4 is 4.90 Å². The Morgan fingerprint density at radius 2 is 1.78 bits per heavy atom. The van der Waals surface area contributed by atoms with Crippen molar-refractivity contribution < 1.29 is 9.90 Å². The highest BCUT2D eigenvalue weighted by molar-refractivity contribution is 5.95. The molecule has 1 fully saturated rings. The molecule has 5 nitrogen and oxygen atoms in total. The maximum absolute atomic E-state index is 11.8. The molecule has 0 atom stereocenters. The van der Waals surface area contributed by atoms with Gasteiger partial charge in [0.25, 0.3) is 0 Å². The Hall–Kier alpha value is -2.11. The number of pyridine rings is 1. The zero-order valence-corrected chi connectivity index (χ0v) is 16.8. The van der Waals surface area contributed by atoms with Gasteiger partial charge in [0.15, 0.2) is 0 Å². The van der Waals surface area contributed by atoms with Crippen LogP contribution in [0, 0.1) is 0 Å². The molecule has 2 heterocycles. The first-order valence-electron chi connectivity index (χ1n) is 9.29. The first kappa shape index (κ1) is 21.2. The van der Waals surface area contributed by atoms with Gasteiger partial charge in [-0.3, -0.25) is 4.90 Å². The van der Waals surface area contributed by atoms with E-state index in [1.54, 1.807) is 6.20 Å². The average molecular weight is 390 g/mol. The molecule has 0 saturated carbocycles. The minimum Gasteiger partial charge on any atom is -0.478 e. The molecule has 1 aromatic carbocycles. The van der Waals surface area contributed by atoms with Gasteiger partial charge in [-0.05, 0) is 29.5 Å². The smallest absolute Gasteiger partial charge is 0.339 e. The van der Waals surface area contributed by atoms with Crippen LogP contribution in [0.2, 0.25) is 0 Å². The molecule has 146 valence electrons. The normalized spacial score (nSPS) is 14.9. The van der Waals surface area contributed by atoms with Crippen LogP contribution in [-0.2, 0) is 6.42 Å². The lowest BCUT2D eigenvalue weighted by Crippen LogP contribution is -2.47. The molecule has 1 aliphatic heterocycles. The molecule has 0 aliphatic carbocycles. The van der Waals surface area contributed by atoms with Crippen molar-refractivity contribution in [3.63, 3.8) is 0 Å². The fourth-order valence-electron chi connectivity index (χ4n) is 3.52. The first-order valence-corrected chi connectivity index (χ1v) is 9.29.